The zero-order valence-electron chi connectivity index (χ0n) is 13.2. The van der Waals surface area contributed by atoms with Crippen LogP contribution >= 0.6 is 0 Å². The van der Waals surface area contributed by atoms with E-state index >= 15 is 0 Å². The van der Waals surface area contributed by atoms with Crippen molar-refractivity contribution in [2.24, 2.45) is 5.92 Å². The summed E-state index contributed by atoms with van der Waals surface area (Å²) in [5.74, 6) is 0.228. The average molecular weight is 284 g/mol. The SMILES string of the molecule is CC(C)C(=O)N(C)CCCOCC(=O)N(C)C1CCC1. The maximum Gasteiger partial charge on any atom is 0.248 e. The molecule has 20 heavy (non-hydrogen) atoms. The first kappa shape index (κ1) is 17.0. The summed E-state index contributed by atoms with van der Waals surface area (Å²) in [5.41, 5.74) is 0. The highest BCUT2D eigenvalue weighted by molar-refractivity contribution is 5.78. The van der Waals surface area contributed by atoms with Gasteiger partial charge in [0.25, 0.3) is 0 Å². The van der Waals surface area contributed by atoms with Gasteiger partial charge in [0, 0.05) is 39.2 Å². The van der Waals surface area contributed by atoms with Crippen LogP contribution < -0.4 is 0 Å². The Morgan fingerprint density at radius 2 is 1.90 bits per heavy atom. The van der Waals surface area contributed by atoms with E-state index in [0.29, 0.717) is 19.2 Å². The molecule has 0 heterocycles. The summed E-state index contributed by atoms with van der Waals surface area (Å²) in [6.07, 6.45) is 4.21. The summed E-state index contributed by atoms with van der Waals surface area (Å²) >= 11 is 0. The number of ether oxygens (including phenoxy) is 1. The fourth-order valence-corrected chi connectivity index (χ4v) is 2.19. The lowest BCUT2D eigenvalue weighted by atomic mass is 9.92. The molecule has 5 nitrogen and oxygen atoms in total. The molecule has 0 N–H and O–H groups in total. The molecule has 1 saturated carbocycles. The number of rotatable bonds is 8. The van der Waals surface area contributed by atoms with Crippen LogP contribution in [0.2, 0.25) is 0 Å². The Bertz CT molecular complexity index is 327. The van der Waals surface area contributed by atoms with E-state index in [1.165, 1.54) is 6.42 Å². The standard InChI is InChI=1S/C15H28N2O3/c1-12(2)15(19)16(3)9-6-10-20-11-14(18)17(4)13-7-5-8-13/h12-13H,5-11H2,1-4H3. The second kappa shape index (κ2) is 8.25. The molecule has 0 radical (unpaired) electrons. The van der Waals surface area contributed by atoms with Crippen molar-refractivity contribution in [1.82, 2.24) is 9.80 Å². The monoisotopic (exact) mass is 284 g/mol. The van der Waals surface area contributed by atoms with E-state index in [0.717, 1.165) is 19.3 Å². The predicted molar refractivity (Wildman–Crippen MR) is 78.3 cm³/mol. The highest BCUT2D eigenvalue weighted by Crippen LogP contribution is 2.23. The number of carbonyl (C=O) groups is 2. The molecule has 0 atom stereocenters. The Morgan fingerprint density at radius 3 is 2.40 bits per heavy atom. The number of hydrogen-bond acceptors (Lipinski definition) is 3. The fraction of sp³-hybridized carbons (Fsp3) is 0.867. The fourth-order valence-electron chi connectivity index (χ4n) is 2.19. The highest BCUT2D eigenvalue weighted by atomic mass is 16.5. The molecular formula is C15H28N2O3. The van der Waals surface area contributed by atoms with Crippen LogP contribution in [0.15, 0.2) is 0 Å². The van der Waals surface area contributed by atoms with Gasteiger partial charge < -0.3 is 14.5 Å². The Morgan fingerprint density at radius 1 is 1.25 bits per heavy atom. The zero-order valence-corrected chi connectivity index (χ0v) is 13.2. The van der Waals surface area contributed by atoms with Crippen molar-refractivity contribution < 1.29 is 14.3 Å². The van der Waals surface area contributed by atoms with Gasteiger partial charge in [-0.3, -0.25) is 9.59 Å². The molecule has 1 rings (SSSR count). The highest BCUT2D eigenvalue weighted by Gasteiger charge is 2.25. The summed E-state index contributed by atoms with van der Waals surface area (Å²) in [4.78, 5) is 27.0. The molecule has 0 aliphatic heterocycles. The van der Waals surface area contributed by atoms with E-state index < -0.39 is 0 Å². The quantitative estimate of drug-likeness (QED) is 0.635. The van der Waals surface area contributed by atoms with Crippen LogP contribution in [0.4, 0.5) is 0 Å². The van der Waals surface area contributed by atoms with Crippen molar-refractivity contribution in [2.75, 3.05) is 33.9 Å². The summed E-state index contributed by atoms with van der Waals surface area (Å²) < 4.78 is 5.40. The van der Waals surface area contributed by atoms with Gasteiger partial charge in [0.15, 0.2) is 0 Å². The lowest BCUT2D eigenvalue weighted by Gasteiger charge is -2.34. The van der Waals surface area contributed by atoms with Crippen LogP contribution in [0.1, 0.15) is 39.5 Å². The Labute approximate surface area is 122 Å². The summed E-state index contributed by atoms with van der Waals surface area (Å²) in [5, 5.41) is 0. The molecule has 1 aliphatic rings. The number of carbonyl (C=O) groups excluding carboxylic acids is 2. The lowest BCUT2D eigenvalue weighted by Crippen LogP contribution is -2.43. The summed E-state index contributed by atoms with van der Waals surface area (Å²) in [6, 6.07) is 0.417. The van der Waals surface area contributed by atoms with E-state index in [9.17, 15) is 9.59 Å². The first-order chi connectivity index (χ1) is 9.43. The molecule has 0 bridgehead atoms. The van der Waals surface area contributed by atoms with Crippen molar-refractivity contribution in [3.8, 4) is 0 Å². The predicted octanol–water partition coefficient (Wildman–Crippen LogP) is 1.52. The van der Waals surface area contributed by atoms with E-state index in [1.807, 2.05) is 20.9 Å². The van der Waals surface area contributed by atoms with Crippen molar-refractivity contribution in [2.45, 2.75) is 45.6 Å². The average Bonchev–Trinajstić information content (AvgIpc) is 2.34. The van der Waals surface area contributed by atoms with Crippen molar-refractivity contribution in [3.63, 3.8) is 0 Å². The topological polar surface area (TPSA) is 49.9 Å². The van der Waals surface area contributed by atoms with Gasteiger partial charge >= 0.3 is 0 Å². The number of hydrogen-bond donors (Lipinski definition) is 0. The molecule has 0 aromatic carbocycles. The Kier molecular flexibility index (Phi) is 6.99. The molecule has 2 amide bonds. The maximum absolute atomic E-state index is 11.8. The van der Waals surface area contributed by atoms with Gasteiger partial charge in [-0.1, -0.05) is 13.8 Å². The third kappa shape index (κ3) is 5.12. The van der Waals surface area contributed by atoms with Crippen molar-refractivity contribution in [3.05, 3.63) is 0 Å². The van der Waals surface area contributed by atoms with Gasteiger partial charge in [-0.15, -0.1) is 0 Å². The number of likely N-dealkylation sites (N-methyl/N-ethyl adjacent to an activating group) is 1. The van der Waals surface area contributed by atoms with Crippen LogP contribution in [0.5, 0.6) is 0 Å². The number of nitrogens with zero attached hydrogens (tertiary/aromatic N) is 2. The smallest absolute Gasteiger partial charge is 0.248 e. The third-order valence-electron chi connectivity index (χ3n) is 3.89. The molecule has 0 aromatic rings. The molecule has 0 unspecified atom stereocenters. The molecule has 1 fully saturated rings. The van der Waals surface area contributed by atoms with Crippen molar-refractivity contribution >= 4 is 11.8 Å². The second-order valence-electron chi connectivity index (χ2n) is 5.91. The third-order valence-corrected chi connectivity index (χ3v) is 3.89. The zero-order chi connectivity index (χ0) is 15.1. The molecule has 5 heteroatoms. The largest absolute Gasteiger partial charge is 0.372 e. The van der Waals surface area contributed by atoms with Crippen LogP contribution in [-0.4, -0.2) is 61.5 Å². The van der Waals surface area contributed by atoms with E-state index in [1.54, 1.807) is 16.8 Å². The van der Waals surface area contributed by atoms with Crippen LogP contribution in [0.25, 0.3) is 0 Å². The summed E-state index contributed by atoms with van der Waals surface area (Å²) in [7, 11) is 3.66. The first-order valence-corrected chi connectivity index (χ1v) is 7.52. The first-order valence-electron chi connectivity index (χ1n) is 7.52. The molecule has 0 spiro atoms. The normalized spacial score (nSPS) is 15.1. The minimum absolute atomic E-state index is 0.0265. The van der Waals surface area contributed by atoms with Crippen molar-refractivity contribution in [1.29, 1.82) is 0 Å². The van der Waals surface area contributed by atoms with E-state index in [2.05, 4.69) is 0 Å². The second-order valence-corrected chi connectivity index (χ2v) is 5.91. The van der Waals surface area contributed by atoms with Gasteiger partial charge in [0.05, 0.1) is 0 Å². The Balaban J connectivity index is 2.06. The van der Waals surface area contributed by atoms with Crippen LogP contribution in [0.3, 0.4) is 0 Å². The van der Waals surface area contributed by atoms with E-state index in [-0.39, 0.29) is 24.3 Å². The lowest BCUT2D eigenvalue weighted by molar-refractivity contribution is -0.139. The van der Waals surface area contributed by atoms with Gasteiger partial charge in [0.2, 0.25) is 11.8 Å². The van der Waals surface area contributed by atoms with Gasteiger partial charge in [0.1, 0.15) is 6.61 Å². The molecule has 1 aliphatic carbocycles. The van der Waals surface area contributed by atoms with Crippen LogP contribution in [0, 0.1) is 5.92 Å². The van der Waals surface area contributed by atoms with Crippen LogP contribution in [-0.2, 0) is 14.3 Å². The van der Waals surface area contributed by atoms with Gasteiger partial charge in [-0.05, 0) is 25.7 Å². The molecule has 0 aromatic heterocycles. The van der Waals surface area contributed by atoms with Gasteiger partial charge in [-0.2, -0.15) is 0 Å². The van der Waals surface area contributed by atoms with E-state index in [4.69, 9.17) is 4.74 Å². The Hall–Kier alpha value is -1.10. The van der Waals surface area contributed by atoms with Gasteiger partial charge in [-0.25, -0.2) is 0 Å². The molecular weight excluding hydrogens is 256 g/mol. The maximum atomic E-state index is 11.8. The molecule has 116 valence electrons. The minimum Gasteiger partial charge on any atom is -0.372 e. The number of amides is 2. The molecule has 0 saturated heterocycles. The summed E-state index contributed by atoms with van der Waals surface area (Å²) in [6.45, 7) is 5.12. The minimum atomic E-state index is 0.0265.